The summed E-state index contributed by atoms with van der Waals surface area (Å²) in [5, 5.41) is 4.09. The minimum absolute atomic E-state index is 0.219. The molecule has 0 aromatic heterocycles. The van der Waals surface area contributed by atoms with Crippen molar-refractivity contribution in [2.75, 3.05) is 6.61 Å². The van der Waals surface area contributed by atoms with Crippen LogP contribution in [0.3, 0.4) is 0 Å². The topological polar surface area (TPSA) is 50.7 Å². The third-order valence-electron chi connectivity index (χ3n) is 2.54. The first-order valence-corrected chi connectivity index (χ1v) is 6.70. The zero-order chi connectivity index (χ0) is 15.0. The lowest BCUT2D eigenvalue weighted by Gasteiger charge is -2.06. The van der Waals surface area contributed by atoms with Gasteiger partial charge in [-0.3, -0.25) is 4.79 Å². The van der Waals surface area contributed by atoms with Crippen LogP contribution in [0.15, 0.2) is 42.0 Å². The standard InChI is InChI=1S/C16H22N2O2/c1-5-10-20-15-8-6-14(7-9-15)16(19)18-17-13(4)11-12(2)3/h5-9,12H,1,10-11H2,2-4H3,(H,18,19)/b17-13+. The first-order valence-electron chi connectivity index (χ1n) is 6.70. The van der Waals surface area contributed by atoms with Gasteiger partial charge in [0.05, 0.1) is 0 Å². The minimum atomic E-state index is -0.219. The first kappa shape index (κ1) is 16.0. The first-order chi connectivity index (χ1) is 9.52. The third-order valence-corrected chi connectivity index (χ3v) is 2.54. The zero-order valence-electron chi connectivity index (χ0n) is 12.3. The Labute approximate surface area is 120 Å². The van der Waals surface area contributed by atoms with Crippen LogP contribution in [0.2, 0.25) is 0 Å². The van der Waals surface area contributed by atoms with E-state index in [0.717, 1.165) is 12.1 Å². The molecule has 0 unspecified atom stereocenters. The Morgan fingerprint density at radius 3 is 2.60 bits per heavy atom. The fourth-order valence-electron chi connectivity index (χ4n) is 1.70. The molecule has 0 bridgehead atoms. The second-order valence-corrected chi connectivity index (χ2v) is 5.01. The van der Waals surface area contributed by atoms with Gasteiger partial charge < -0.3 is 4.74 Å². The highest BCUT2D eigenvalue weighted by Crippen LogP contribution is 2.12. The summed E-state index contributed by atoms with van der Waals surface area (Å²) in [6, 6.07) is 6.92. The SMILES string of the molecule is C=CCOc1ccc(C(=O)N/N=C(\C)CC(C)C)cc1. The minimum Gasteiger partial charge on any atom is -0.490 e. The summed E-state index contributed by atoms with van der Waals surface area (Å²) in [6.07, 6.45) is 2.54. The van der Waals surface area contributed by atoms with Crippen LogP contribution in [0.5, 0.6) is 5.75 Å². The van der Waals surface area contributed by atoms with Crippen LogP contribution in [-0.4, -0.2) is 18.2 Å². The van der Waals surface area contributed by atoms with Crippen molar-refractivity contribution >= 4 is 11.6 Å². The second kappa shape index (κ2) is 8.15. The van der Waals surface area contributed by atoms with Crippen molar-refractivity contribution in [1.82, 2.24) is 5.43 Å². The van der Waals surface area contributed by atoms with E-state index in [0.29, 0.717) is 23.8 Å². The van der Waals surface area contributed by atoms with E-state index < -0.39 is 0 Å². The fraction of sp³-hybridized carbons (Fsp3) is 0.375. The van der Waals surface area contributed by atoms with Gasteiger partial charge in [0.25, 0.3) is 5.91 Å². The van der Waals surface area contributed by atoms with E-state index in [-0.39, 0.29) is 5.91 Å². The van der Waals surface area contributed by atoms with Crippen molar-refractivity contribution in [3.05, 3.63) is 42.5 Å². The molecule has 0 heterocycles. The number of hydrazone groups is 1. The Morgan fingerprint density at radius 2 is 2.05 bits per heavy atom. The van der Waals surface area contributed by atoms with Crippen LogP contribution in [0.4, 0.5) is 0 Å². The smallest absolute Gasteiger partial charge is 0.271 e. The number of nitrogens with zero attached hydrogens (tertiary/aromatic N) is 1. The summed E-state index contributed by atoms with van der Waals surface area (Å²) in [7, 11) is 0. The Kier molecular flexibility index (Phi) is 6.50. The summed E-state index contributed by atoms with van der Waals surface area (Å²) in [6.45, 7) is 10.2. The summed E-state index contributed by atoms with van der Waals surface area (Å²) in [4.78, 5) is 11.9. The van der Waals surface area contributed by atoms with Crippen LogP contribution in [0.25, 0.3) is 0 Å². The van der Waals surface area contributed by atoms with Gasteiger partial charge in [-0.15, -0.1) is 0 Å². The summed E-state index contributed by atoms with van der Waals surface area (Å²) in [5.74, 6) is 1.02. The summed E-state index contributed by atoms with van der Waals surface area (Å²) in [5.41, 5.74) is 4.03. The van der Waals surface area contributed by atoms with E-state index in [2.05, 4.69) is 31.0 Å². The van der Waals surface area contributed by atoms with Crippen molar-refractivity contribution in [2.24, 2.45) is 11.0 Å². The normalized spacial score (nSPS) is 11.3. The maximum absolute atomic E-state index is 11.9. The van der Waals surface area contributed by atoms with E-state index in [4.69, 9.17) is 4.74 Å². The highest BCUT2D eigenvalue weighted by atomic mass is 16.5. The van der Waals surface area contributed by atoms with Crippen LogP contribution in [0, 0.1) is 5.92 Å². The van der Waals surface area contributed by atoms with Gasteiger partial charge in [0.15, 0.2) is 0 Å². The molecule has 0 saturated carbocycles. The summed E-state index contributed by atoms with van der Waals surface area (Å²) >= 11 is 0. The molecule has 1 amide bonds. The molecule has 1 rings (SSSR count). The van der Waals surface area contributed by atoms with Crippen LogP contribution < -0.4 is 10.2 Å². The van der Waals surface area contributed by atoms with Crippen LogP contribution >= 0.6 is 0 Å². The quantitative estimate of drug-likeness (QED) is 0.470. The molecule has 0 fully saturated rings. The van der Waals surface area contributed by atoms with E-state index in [1.54, 1.807) is 30.3 Å². The number of rotatable bonds is 7. The molecule has 0 aliphatic rings. The van der Waals surface area contributed by atoms with Crippen molar-refractivity contribution < 1.29 is 9.53 Å². The van der Waals surface area contributed by atoms with Gasteiger partial charge in [0, 0.05) is 11.3 Å². The van der Waals surface area contributed by atoms with E-state index >= 15 is 0 Å². The molecule has 20 heavy (non-hydrogen) atoms. The molecule has 0 aliphatic carbocycles. The molecule has 0 saturated heterocycles. The number of carbonyl (C=O) groups excluding carboxylic acids is 1. The fourth-order valence-corrected chi connectivity index (χ4v) is 1.70. The van der Waals surface area contributed by atoms with Crippen molar-refractivity contribution in [2.45, 2.75) is 27.2 Å². The molecule has 0 radical (unpaired) electrons. The van der Waals surface area contributed by atoms with Gasteiger partial charge in [-0.2, -0.15) is 5.10 Å². The number of amides is 1. The van der Waals surface area contributed by atoms with Gasteiger partial charge >= 0.3 is 0 Å². The van der Waals surface area contributed by atoms with Gasteiger partial charge in [-0.05, 0) is 43.5 Å². The average molecular weight is 274 g/mol. The number of nitrogens with one attached hydrogen (secondary N) is 1. The largest absolute Gasteiger partial charge is 0.490 e. The van der Waals surface area contributed by atoms with E-state index in [9.17, 15) is 4.79 Å². The lowest BCUT2D eigenvalue weighted by atomic mass is 10.1. The Morgan fingerprint density at radius 1 is 1.40 bits per heavy atom. The predicted molar refractivity (Wildman–Crippen MR) is 82.2 cm³/mol. The van der Waals surface area contributed by atoms with Crippen LogP contribution in [-0.2, 0) is 0 Å². The predicted octanol–water partition coefficient (Wildman–Crippen LogP) is 3.40. The molecular formula is C16H22N2O2. The highest BCUT2D eigenvalue weighted by molar-refractivity contribution is 5.95. The lowest BCUT2D eigenvalue weighted by molar-refractivity contribution is 0.0954. The Hall–Kier alpha value is -2.10. The number of ether oxygens (including phenoxy) is 1. The van der Waals surface area contributed by atoms with Crippen LogP contribution in [0.1, 0.15) is 37.6 Å². The monoisotopic (exact) mass is 274 g/mol. The summed E-state index contributed by atoms with van der Waals surface area (Å²) < 4.78 is 5.35. The Bertz CT molecular complexity index is 476. The molecule has 1 aromatic carbocycles. The van der Waals surface area contributed by atoms with Gasteiger partial charge in [0.2, 0.25) is 0 Å². The van der Waals surface area contributed by atoms with Gasteiger partial charge in [-0.25, -0.2) is 5.43 Å². The zero-order valence-corrected chi connectivity index (χ0v) is 12.3. The maximum Gasteiger partial charge on any atom is 0.271 e. The molecule has 1 aromatic rings. The number of benzene rings is 1. The van der Waals surface area contributed by atoms with Crippen molar-refractivity contribution in [3.8, 4) is 5.75 Å². The van der Waals surface area contributed by atoms with Crippen molar-refractivity contribution in [1.29, 1.82) is 0 Å². The molecular weight excluding hydrogens is 252 g/mol. The highest BCUT2D eigenvalue weighted by Gasteiger charge is 2.05. The molecule has 1 N–H and O–H groups in total. The number of hydrogen-bond acceptors (Lipinski definition) is 3. The third kappa shape index (κ3) is 5.69. The second-order valence-electron chi connectivity index (χ2n) is 5.01. The van der Waals surface area contributed by atoms with E-state index in [1.807, 2.05) is 6.92 Å². The average Bonchev–Trinajstić information content (AvgIpc) is 2.42. The number of carbonyl (C=O) groups is 1. The molecule has 108 valence electrons. The lowest BCUT2D eigenvalue weighted by Crippen LogP contribution is -2.19. The molecule has 0 aliphatic heterocycles. The molecule has 4 heteroatoms. The molecule has 0 spiro atoms. The van der Waals surface area contributed by atoms with Gasteiger partial charge in [-0.1, -0.05) is 26.5 Å². The maximum atomic E-state index is 11.9. The van der Waals surface area contributed by atoms with Gasteiger partial charge in [0.1, 0.15) is 12.4 Å². The molecule has 4 nitrogen and oxygen atoms in total. The number of hydrogen-bond donors (Lipinski definition) is 1. The van der Waals surface area contributed by atoms with E-state index in [1.165, 1.54) is 0 Å². The van der Waals surface area contributed by atoms with Crippen molar-refractivity contribution in [3.63, 3.8) is 0 Å². The molecule has 0 atom stereocenters. The Balaban J connectivity index is 2.57.